The van der Waals surface area contributed by atoms with Crippen LogP contribution in [-0.2, 0) is 14.3 Å². The Balaban J connectivity index is 1.72. The number of phenolic OH excluding ortho intramolecular Hbond substituents is 1. The molecule has 0 spiro atoms. The first-order valence-electron chi connectivity index (χ1n) is 11.2. The molecule has 0 saturated carbocycles. The second-order valence-corrected chi connectivity index (χ2v) is 11.0. The lowest BCUT2D eigenvalue weighted by atomic mass is 9.91. The highest BCUT2D eigenvalue weighted by Gasteiger charge is 2.51. The quantitative estimate of drug-likeness (QED) is 0.107. The molecule has 1 saturated heterocycles. The number of aliphatic hydroxyl groups is 1. The molecule has 5 N–H and O–H groups in total. The fourth-order valence-electron chi connectivity index (χ4n) is 4.59. The molecule has 4 aromatic rings. The van der Waals surface area contributed by atoms with Crippen LogP contribution in [0.5, 0.6) is 11.5 Å². The Labute approximate surface area is 220 Å². The highest BCUT2D eigenvalue weighted by atomic mass is 32.2. The first-order valence-corrected chi connectivity index (χ1v) is 13.1. The van der Waals surface area contributed by atoms with Gasteiger partial charge in [-0.05, 0) is 23.8 Å². The Hall–Kier alpha value is -3.61. The Bertz CT molecular complexity index is 1470. The fraction of sp³-hybridized carbons (Fsp3) is 0.240. The molecule has 3 atom stereocenters. The number of imidazole rings is 1. The first kappa shape index (κ1) is 25.1. The summed E-state index contributed by atoms with van der Waals surface area (Å²) < 4.78 is 8.79. The number of methoxy groups -OCH3 is 2. The Morgan fingerprint density at radius 1 is 1.24 bits per heavy atom. The number of rotatable bonds is 6. The Kier molecular flexibility index (Phi) is 6.80. The van der Waals surface area contributed by atoms with Crippen molar-refractivity contribution in [3.63, 3.8) is 0 Å². The van der Waals surface area contributed by atoms with E-state index in [1.165, 1.54) is 43.8 Å². The third-order valence-corrected chi connectivity index (χ3v) is 9.59. The van der Waals surface area contributed by atoms with Crippen molar-refractivity contribution in [3.05, 3.63) is 77.5 Å². The predicted molar refractivity (Wildman–Crippen MR) is 141 cm³/mol. The number of esters is 1. The van der Waals surface area contributed by atoms with E-state index in [0.717, 1.165) is 16.5 Å². The maximum absolute atomic E-state index is 12.5. The molecule has 37 heavy (non-hydrogen) atoms. The van der Waals surface area contributed by atoms with Crippen LogP contribution in [0.3, 0.4) is 0 Å². The number of benzene rings is 2. The molecular weight excluding hydrogens is 516 g/mol. The minimum atomic E-state index is -1.09. The number of nitrogens with zero attached hydrogens (tertiary/aromatic N) is 2. The van der Waals surface area contributed by atoms with Crippen LogP contribution >= 0.6 is 23.5 Å². The van der Waals surface area contributed by atoms with Crippen molar-refractivity contribution in [2.45, 2.75) is 15.4 Å². The Morgan fingerprint density at radius 3 is 2.76 bits per heavy atom. The zero-order valence-electron chi connectivity index (χ0n) is 19.8. The summed E-state index contributed by atoms with van der Waals surface area (Å²) in [5, 5.41) is 35.6. The van der Waals surface area contributed by atoms with Gasteiger partial charge in [0.2, 0.25) is 5.71 Å². The average Bonchev–Trinajstić information content (AvgIpc) is 3.59. The SMILES string of the molecule is COC(=O)/C(=N/O)c1[nH]c2ccccc2c1[C@H]1SC[C@@H](O)C(c2ccc(O)c(OC)c2)(c2ncc[nH]2)S1. The maximum Gasteiger partial charge on any atom is 0.362 e. The number of H-pyrrole nitrogens is 2. The van der Waals surface area contributed by atoms with Gasteiger partial charge in [-0.3, -0.25) is 0 Å². The predicted octanol–water partition coefficient (Wildman–Crippen LogP) is 3.74. The third-order valence-electron chi connectivity index (χ3n) is 6.32. The number of aliphatic hydroxyl groups excluding tert-OH is 1. The van der Waals surface area contributed by atoms with Crippen LogP contribution in [0.25, 0.3) is 10.9 Å². The summed E-state index contributed by atoms with van der Waals surface area (Å²) in [6.07, 6.45) is 2.42. The lowest BCUT2D eigenvalue weighted by molar-refractivity contribution is -0.132. The molecule has 5 rings (SSSR count). The van der Waals surface area contributed by atoms with Gasteiger partial charge in [-0.25, -0.2) is 9.78 Å². The molecule has 1 aliphatic rings. The van der Waals surface area contributed by atoms with E-state index < -0.39 is 16.8 Å². The minimum Gasteiger partial charge on any atom is -0.504 e. The lowest BCUT2D eigenvalue weighted by Crippen LogP contribution is -2.43. The molecule has 0 amide bonds. The van der Waals surface area contributed by atoms with Crippen LogP contribution in [-0.4, -0.2) is 68.1 Å². The van der Waals surface area contributed by atoms with Crippen LogP contribution in [0.4, 0.5) is 0 Å². The van der Waals surface area contributed by atoms with Crippen LogP contribution in [0, 0.1) is 0 Å². The third kappa shape index (κ3) is 4.10. The van der Waals surface area contributed by atoms with Crippen LogP contribution < -0.4 is 4.74 Å². The molecule has 1 unspecified atom stereocenters. The van der Waals surface area contributed by atoms with E-state index in [0.29, 0.717) is 22.8 Å². The Morgan fingerprint density at radius 2 is 2.05 bits per heavy atom. The number of ether oxygens (including phenoxy) is 2. The van der Waals surface area contributed by atoms with Gasteiger partial charge in [0.25, 0.3) is 0 Å². The lowest BCUT2D eigenvalue weighted by Gasteiger charge is -2.43. The number of aromatic nitrogens is 3. The van der Waals surface area contributed by atoms with E-state index in [2.05, 4.69) is 20.1 Å². The largest absolute Gasteiger partial charge is 0.504 e. The number of aromatic amines is 2. The number of fused-ring (bicyclic) bond motifs is 1. The number of thioether (sulfide) groups is 2. The number of aromatic hydroxyl groups is 1. The van der Waals surface area contributed by atoms with Gasteiger partial charge in [0, 0.05) is 34.6 Å². The zero-order chi connectivity index (χ0) is 26.2. The number of carbonyl (C=O) groups is 1. The molecule has 2 aromatic carbocycles. The van der Waals surface area contributed by atoms with E-state index in [4.69, 9.17) is 9.47 Å². The molecule has 10 nitrogen and oxygen atoms in total. The van der Waals surface area contributed by atoms with Gasteiger partial charge in [-0.15, -0.1) is 23.5 Å². The van der Waals surface area contributed by atoms with Gasteiger partial charge in [-0.1, -0.05) is 29.4 Å². The van der Waals surface area contributed by atoms with Gasteiger partial charge in [0.1, 0.15) is 10.6 Å². The number of nitrogens with one attached hydrogen (secondary N) is 2. The van der Waals surface area contributed by atoms with E-state index in [1.54, 1.807) is 24.5 Å². The fourth-order valence-corrected chi connectivity index (χ4v) is 8.11. The number of para-hydroxylation sites is 1. The van der Waals surface area contributed by atoms with Gasteiger partial charge in [0.15, 0.2) is 11.5 Å². The minimum absolute atomic E-state index is 0.0251. The molecule has 1 fully saturated rings. The standard InChI is InChI=1S/C25H24N4O6S2/c1-34-17-11-13(7-8-16(17)30)25(24-26-9-10-27-24)18(31)12-36-23(37-25)19-14-5-3-4-6-15(14)28-20(19)21(29-33)22(32)35-2/h3-11,18,23,28,30-31,33H,12H2,1-2H3,(H,26,27)/b29-21+/t18-,23+,25?/m1/s1. The summed E-state index contributed by atoms with van der Waals surface area (Å²) in [7, 11) is 2.68. The van der Waals surface area contributed by atoms with Gasteiger partial charge >= 0.3 is 5.97 Å². The van der Waals surface area contributed by atoms with Crippen LogP contribution in [0.15, 0.2) is 60.0 Å². The van der Waals surface area contributed by atoms with E-state index in [1.807, 2.05) is 24.3 Å². The molecule has 1 aliphatic heterocycles. The number of hydrogen-bond donors (Lipinski definition) is 5. The molecule has 3 heterocycles. The van der Waals surface area contributed by atoms with Gasteiger partial charge < -0.3 is 34.9 Å². The molecule has 12 heteroatoms. The summed E-state index contributed by atoms with van der Waals surface area (Å²) in [5.41, 5.74) is 2.21. The summed E-state index contributed by atoms with van der Waals surface area (Å²) >= 11 is 2.92. The van der Waals surface area contributed by atoms with Crippen molar-refractivity contribution < 1.29 is 29.7 Å². The molecule has 0 bridgehead atoms. The molecule has 2 aromatic heterocycles. The molecule has 0 radical (unpaired) electrons. The number of oxime groups is 1. The van der Waals surface area contributed by atoms with E-state index >= 15 is 0 Å². The summed E-state index contributed by atoms with van der Waals surface area (Å²) in [6.45, 7) is 0. The van der Waals surface area contributed by atoms with E-state index in [-0.39, 0.29) is 21.8 Å². The molecular formula is C25H24N4O6S2. The van der Waals surface area contributed by atoms with Crippen LogP contribution in [0.1, 0.15) is 27.2 Å². The first-order chi connectivity index (χ1) is 17.9. The van der Waals surface area contributed by atoms with E-state index in [9.17, 15) is 20.2 Å². The second kappa shape index (κ2) is 10.0. The van der Waals surface area contributed by atoms with Crippen LogP contribution in [0.2, 0.25) is 0 Å². The number of hydrogen-bond acceptors (Lipinski definition) is 10. The van der Waals surface area contributed by atoms with Crippen molar-refractivity contribution in [2.75, 3.05) is 20.0 Å². The molecule has 192 valence electrons. The monoisotopic (exact) mass is 540 g/mol. The molecule has 0 aliphatic carbocycles. The highest BCUT2D eigenvalue weighted by molar-refractivity contribution is 8.17. The van der Waals surface area contributed by atoms with Crippen molar-refractivity contribution in [1.82, 2.24) is 15.0 Å². The zero-order valence-corrected chi connectivity index (χ0v) is 21.5. The highest BCUT2D eigenvalue weighted by Crippen LogP contribution is 2.61. The van der Waals surface area contributed by atoms with Crippen molar-refractivity contribution in [1.29, 1.82) is 0 Å². The smallest absolute Gasteiger partial charge is 0.362 e. The van der Waals surface area contributed by atoms with Crippen molar-refractivity contribution >= 4 is 46.1 Å². The van der Waals surface area contributed by atoms with Gasteiger partial charge in [-0.2, -0.15) is 0 Å². The normalized spacial score (nSPS) is 22.2. The van der Waals surface area contributed by atoms with Crippen molar-refractivity contribution in [3.8, 4) is 11.5 Å². The maximum atomic E-state index is 12.5. The van der Waals surface area contributed by atoms with Gasteiger partial charge in [0.05, 0.1) is 30.6 Å². The summed E-state index contributed by atoms with van der Waals surface area (Å²) in [5.74, 6) is 0.293. The summed E-state index contributed by atoms with van der Waals surface area (Å²) in [6, 6.07) is 12.5. The van der Waals surface area contributed by atoms with Crippen molar-refractivity contribution in [2.24, 2.45) is 5.16 Å². The summed E-state index contributed by atoms with van der Waals surface area (Å²) in [4.78, 5) is 23.4. The number of phenols is 1. The number of carbonyl (C=O) groups excluding carboxylic acids is 1. The average molecular weight is 541 g/mol. The topological polar surface area (TPSA) is 153 Å². The second-order valence-electron chi connectivity index (χ2n) is 8.26.